The lowest BCUT2D eigenvalue weighted by Gasteiger charge is -2.19. The summed E-state index contributed by atoms with van der Waals surface area (Å²) in [7, 11) is 0. The maximum atomic E-state index is 11.0. The number of ether oxygens (including phenoxy) is 2. The molecule has 5 heteroatoms. The van der Waals surface area contributed by atoms with Gasteiger partial charge in [0.15, 0.2) is 10.8 Å². The average Bonchev–Trinajstić information content (AvgIpc) is 2.71. The highest BCUT2D eigenvalue weighted by Gasteiger charge is 2.35. The monoisotopic (exact) mass is 213 g/mol. The summed E-state index contributed by atoms with van der Waals surface area (Å²) < 4.78 is 10.9. The molecular weight excluding hydrogens is 202 g/mol. The topological polar surface area (TPSA) is 48.4 Å². The van der Waals surface area contributed by atoms with E-state index in [1.165, 1.54) is 18.3 Å². The van der Waals surface area contributed by atoms with Gasteiger partial charge in [0.2, 0.25) is 5.79 Å². The summed E-state index contributed by atoms with van der Waals surface area (Å²) in [5, 5.41) is 0.500. The Morgan fingerprint density at radius 3 is 2.71 bits per heavy atom. The van der Waals surface area contributed by atoms with Crippen LogP contribution >= 0.6 is 11.3 Å². The lowest BCUT2D eigenvalue weighted by atomic mass is 10.3. The maximum absolute atomic E-state index is 11.0. The molecule has 1 aliphatic rings. The first kappa shape index (κ1) is 9.76. The molecular formula is C9H11NO3S. The van der Waals surface area contributed by atoms with Crippen molar-refractivity contribution in [2.24, 2.45) is 0 Å². The number of nitrogens with zero attached hydrogens (tertiary/aromatic N) is 1. The molecule has 1 aromatic heterocycles. The minimum absolute atomic E-state index is 0.0251. The molecule has 0 spiro atoms. The van der Waals surface area contributed by atoms with E-state index in [0.29, 0.717) is 18.2 Å². The van der Waals surface area contributed by atoms with Gasteiger partial charge < -0.3 is 9.47 Å². The summed E-state index contributed by atoms with van der Waals surface area (Å²) in [6, 6.07) is 0. The van der Waals surface area contributed by atoms with Gasteiger partial charge >= 0.3 is 0 Å². The number of rotatable bonds is 2. The highest BCUT2D eigenvalue weighted by Crippen LogP contribution is 2.34. The standard InChI is InChI=1S/C9H11NO3S/c1-6(11)8-10-5-7(14-8)9(2)12-3-4-13-9/h5H,3-4H2,1-2H3. The van der Waals surface area contributed by atoms with E-state index in [1.807, 2.05) is 6.92 Å². The molecule has 0 bridgehead atoms. The summed E-state index contributed by atoms with van der Waals surface area (Å²) in [4.78, 5) is 15.9. The van der Waals surface area contributed by atoms with Crippen molar-refractivity contribution in [1.29, 1.82) is 0 Å². The number of aromatic nitrogens is 1. The van der Waals surface area contributed by atoms with Crippen molar-refractivity contribution in [3.05, 3.63) is 16.1 Å². The van der Waals surface area contributed by atoms with Crippen molar-refractivity contribution in [2.45, 2.75) is 19.6 Å². The number of carbonyl (C=O) groups is 1. The summed E-state index contributed by atoms with van der Waals surface area (Å²) in [6.07, 6.45) is 1.65. The van der Waals surface area contributed by atoms with Gasteiger partial charge in [-0.15, -0.1) is 11.3 Å². The molecule has 2 rings (SSSR count). The molecule has 14 heavy (non-hydrogen) atoms. The van der Waals surface area contributed by atoms with E-state index >= 15 is 0 Å². The van der Waals surface area contributed by atoms with E-state index in [2.05, 4.69) is 4.98 Å². The van der Waals surface area contributed by atoms with Crippen molar-refractivity contribution in [3.8, 4) is 0 Å². The summed E-state index contributed by atoms with van der Waals surface area (Å²) >= 11 is 1.33. The largest absolute Gasteiger partial charge is 0.343 e. The van der Waals surface area contributed by atoms with Gasteiger partial charge in [-0.2, -0.15) is 0 Å². The van der Waals surface area contributed by atoms with Gasteiger partial charge in [0.05, 0.1) is 18.1 Å². The van der Waals surface area contributed by atoms with Crippen molar-refractivity contribution in [3.63, 3.8) is 0 Å². The maximum Gasteiger partial charge on any atom is 0.203 e. The Kier molecular flexibility index (Phi) is 2.38. The van der Waals surface area contributed by atoms with Crippen LogP contribution in [-0.2, 0) is 15.3 Å². The molecule has 0 saturated carbocycles. The zero-order chi connectivity index (χ0) is 10.2. The average molecular weight is 213 g/mol. The molecule has 1 aromatic rings. The van der Waals surface area contributed by atoms with Gasteiger partial charge in [-0.25, -0.2) is 4.98 Å². The van der Waals surface area contributed by atoms with Gasteiger partial charge in [-0.05, 0) is 6.92 Å². The number of thiazole rings is 1. The molecule has 2 heterocycles. The third-order valence-corrected chi connectivity index (χ3v) is 3.38. The molecule has 1 aliphatic heterocycles. The van der Waals surface area contributed by atoms with Gasteiger partial charge in [-0.3, -0.25) is 4.79 Å². The SMILES string of the molecule is CC(=O)c1ncc(C2(C)OCCO2)s1. The van der Waals surface area contributed by atoms with Crippen LogP contribution in [0, 0.1) is 0 Å². The second-order valence-corrected chi connectivity index (χ2v) is 4.26. The minimum atomic E-state index is -0.703. The number of Topliss-reactive ketones (excluding diaryl/α,β-unsaturated/α-hetero) is 1. The smallest absolute Gasteiger partial charge is 0.203 e. The quantitative estimate of drug-likeness (QED) is 0.699. The molecule has 0 atom stereocenters. The Bertz CT molecular complexity index is 355. The zero-order valence-electron chi connectivity index (χ0n) is 8.07. The molecule has 0 aromatic carbocycles. The van der Waals surface area contributed by atoms with Crippen LogP contribution in [-0.4, -0.2) is 24.0 Å². The van der Waals surface area contributed by atoms with Crippen molar-refractivity contribution >= 4 is 17.1 Å². The lowest BCUT2D eigenvalue weighted by molar-refractivity contribution is -0.147. The van der Waals surface area contributed by atoms with Crippen molar-refractivity contribution in [1.82, 2.24) is 4.98 Å². The van der Waals surface area contributed by atoms with E-state index in [0.717, 1.165) is 4.88 Å². The Morgan fingerprint density at radius 2 is 2.21 bits per heavy atom. The van der Waals surface area contributed by atoms with Gasteiger partial charge in [-0.1, -0.05) is 0 Å². The molecule has 0 aliphatic carbocycles. The predicted molar refractivity (Wildman–Crippen MR) is 51.4 cm³/mol. The van der Waals surface area contributed by atoms with E-state index in [1.54, 1.807) is 6.20 Å². The van der Waals surface area contributed by atoms with Crippen LogP contribution in [0.25, 0.3) is 0 Å². The van der Waals surface area contributed by atoms with Crippen LogP contribution in [0.4, 0.5) is 0 Å². The molecule has 0 unspecified atom stereocenters. The fourth-order valence-corrected chi connectivity index (χ4v) is 2.17. The first-order valence-electron chi connectivity index (χ1n) is 4.37. The first-order chi connectivity index (χ1) is 6.62. The highest BCUT2D eigenvalue weighted by molar-refractivity contribution is 7.13. The Morgan fingerprint density at radius 1 is 1.57 bits per heavy atom. The summed E-state index contributed by atoms with van der Waals surface area (Å²) in [5.41, 5.74) is 0. The van der Waals surface area contributed by atoms with E-state index in [4.69, 9.17) is 9.47 Å². The highest BCUT2D eigenvalue weighted by atomic mass is 32.1. The third-order valence-electron chi connectivity index (χ3n) is 2.09. The molecule has 1 fully saturated rings. The molecule has 4 nitrogen and oxygen atoms in total. The molecule has 0 N–H and O–H groups in total. The van der Waals surface area contributed by atoms with Crippen molar-refractivity contribution in [2.75, 3.05) is 13.2 Å². The zero-order valence-corrected chi connectivity index (χ0v) is 8.89. The van der Waals surface area contributed by atoms with Crippen LogP contribution in [0.5, 0.6) is 0 Å². The van der Waals surface area contributed by atoms with Crippen LogP contribution in [0.3, 0.4) is 0 Å². The van der Waals surface area contributed by atoms with Gasteiger partial charge in [0.25, 0.3) is 0 Å². The lowest BCUT2D eigenvalue weighted by Crippen LogP contribution is -2.20. The van der Waals surface area contributed by atoms with Gasteiger partial charge in [0, 0.05) is 13.1 Å². The fraction of sp³-hybridized carbons (Fsp3) is 0.556. The number of carbonyl (C=O) groups excluding carboxylic acids is 1. The second kappa shape index (κ2) is 3.42. The predicted octanol–water partition coefficient (Wildman–Crippen LogP) is 1.57. The van der Waals surface area contributed by atoms with E-state index in [9.17, 15) is 4.79 Å². The van der Waals surface area contributed by atoms with Crippen LogP contribution in [0.1, 0.15) is 28.5 Å². The van der Waals surface area contributed by atoms with Gasteiger partial charge in [0.1, 0.15) is 0 Å². The van der Waals surface area contributed by atoms with Crippen LogP contribution in [0.2, 0.25) is 0 Å². The molecule has 0 amide bonds. The Labute approximate surface area is 85.9 Å². The fourth-order valence-electron chi connectivity index (χ4n) is 1.30. The number of ketones is 1. The van der Waals surface area contributed by atoms with Crippen molar-refractivity contribution < 1.29 is 14.3 Å². The first-order valence-corrected chi connectivity index (χ1v) is 5.18. The van der Waals surface area contributed by atoms with Crippen LogP contribution in [0.15, 0.2) is 6.20 Å². The molecule has 0 radical (unpaired) electrons. The summed E-state index contributed by atoms with van der Waals surface area (Å²) in [5.74, 6) is -0.728. The van der Waals surface area contributed by atoms with E-state index in [-0.39, 0.29) is 5.78 Å². The Hall–Kier alpha value is -0.780. The third kappa shape index (κ3) is 1.58. The Balaban J connectivity index is 2.28. The molecule has 1 saturated heterocycles. The minimum Gasteiger partial charge on any atom is -0.343 e. The number of hydrogen-bond acceptors (Lipinski definition) is 5. The molecule has 76 valence electrons. The second-order valence-electron chi connectivity index (χ2n) is 3.23. The number of hydrogen-bond donors (Lipinski definition) is 0. The van der Waals surface area contributed by atoms with E-state index < -0.39 is 5.79 Å². The van der Waals surface area contributed by atoms with Crippen LogP contribution < -0.4 is 0 Å². The normalized spacial score (nSPS) is 19.9. The summed E-state index contributed by atoms with van der Waals surface area (Å²) in [6.45, 7) is 4.52.